The van der Waals surface area contributed by atoms with E-state index in [2.05, 4.69) is 32.4 Å². The summed E-state index contributed by atoms with van der Waals surface area (Å²) in [6.07, 6.45) is -4.38. The number of hydrogen-bond acceptors (Lipinski definition) is 4. The second-order valence-electron chi connectivity index (χ2n) is 7.98. The van der Waals surface area contributed by atoms with Gasteiger partial charge in [0.15, 0.2) is 0 Å². The number of halogens is 3. The molecule has 1 aromatic carbocycles. The van der Waals surface area contributed by atoms with Crippen molar-refractivity contribution in [1.29, 1.82) is 0 Å². The van der Waals surface area contributed by atoms with Gasteiger partial charge in [-0.3, -0.25) is 10.1 Å². The second-order valence-corrected chi connectivity index (χ2v) is 7.98. The highest BCUT2D eigenvalue weighted by Gasteiger charge is 2.30. The number of aromatic nitrogens is 2. The summed E-state index contributed by atoms with van der Waals surface area (Å²) >= 11 is 0. The minimum Gasteiger partial charge on any atom is -0.369 e. The predicted octanol–water partition coefficient (Wildman–Crippen LogP) is 5.16. The van der Waals surface area contributed by atoms with Gasteiger partial charge in [0.2, 0.25) is 11.9 Å². The Hall–Kier alpha value is -3.08. The fourth-order valence-corrected chi connectivity index (χ4v) is 2.70. The standard InChI is InChI=1S/C23H27F3N4O/c1-7-27-19-18(15(4)28-21(29-19)30-20(31)14(2)3)12-13-22(5,6)16-8-10-17(11-9-16)23(24,25)26/h8-11,14H,7H2,1-6H3,(H2,27,28,29,30,31). The van der Waals surface area contributed by atoms with Crippen LogP contribution in [0.4, 0.5) is 24.9 Å². The lowest BCUT2D eigenvalue weighted by Gasteiger charge is -2.19. The van der Waals surface area contributed by atoms with Crippen molar-refractivity contribution < 1.29 is 18.0 Å². The quantitative estimate of drug-likeness (QED) is 0.641. The lowest BCUT2D eigenvalue weighted by atomic mass is 9.84. The molecular formula is C23H27F3N4O. The maximum absolute atomic E-state index is 12.8. The largest absolute Gasteiger partial charge is 0.416 e. The van der Waals surface area contributed by atoms with Crippen molar-refractivity contribution in [1.82, 2.24) is 9.97 Å². The molecule has 0 radical (unpaired) electrons. The number of aryl methyl sites for hydroxylation is 1. The third-order valence-electron chi connectivity index (χ3n) is 4.63. The summed E-state index contributed by atoms with van der Waals surface area (Å²) in [6, 6.07) is 5.00. The SMILES string of the molecule is CCNc1nc(NC(=O)C(C)C)nc(C)c1C#CC(C)(C)c1ccc(C(F)(F)F)cc1. The summed E-state index contributed by atoms with van der Waals surface area (Å²) in [5.41, 5.74) is 0.421. The fourth-order valence-electron chi connectivity index (χ4n) is 2.70. The number of anilines is 2. The number of hydrogen-bond donors (Lipinski definition) is 2. The van der Waals surface area contributed by atoms with Crippen LogP contribution < -0.4 is 10.6 Å². The topological polar surface area (TPSA) is 66.9 Å². The zero-order valence-electron chi connectivity index (χ0n) is 18.5. The van der Waals surface area contributed by atoms with Crippen LogP contribution in [0.2, 0.25) is 0 Å². The van der Waals surface area contributed by atoms with Gasteiger partial charge in [-0.2, -0.15) is 18.2 Å². The van der Waals surface area contributed by atoms with Gasteiger partial charge in [0.25, 0.3) is 0 Å². The van der Waals surface area contributed by atoms with E-state index in [1.807, 2.05) is 20.8 Å². The molecule has 0 spiro atoms. The maximum atomic E-state index is 12.8. The molecule has 31 heavy (non-hydrogen) atoms. The molecule has 1 amide bonds. The summed E-state index contributed by atoms with van der Waals surface area (Å²) in [7, 11) is 0. The number of amides is 1. The molecule has 0 unspecified atom stereocenters. The van der Waals surface area contributed by atoms with Gasteiger partial charge in [-0.1, -0.05) is 37.8 Å². The molecule has 0 saturated heterocycles. The molecule has 0 saturated carbocycles. The predicted molar refractivity (Wildman–Crippen MR) is 116 cm³/mol. The Balaban J connectivity index is 2.40. The lowest BCUT2D eigenvalue weighted by Crippen LogP contribution is -2.20. The number of carbonyl (C=O) groups is 1. The number of carbonyl (C=O) groups excluding carboxylic acids is 1. The van der Waals surface area contributed by atoms with E-state index in [-0.39, 0.29) is 17.8 Å². The van der Waals surface area contributed by atoms with Crippen molar-refractivity contribution in [3.05, 3.63) is 46.6 Å². The monoisotopic (exact) mass is 432 g/mol. The van der Waals surface area contributed by atoms with Gasteiger partial charge in [-0.15, -0.1) is 0 Å². The highest BCUT2D eigenvalue weighted by atomic mass is 19.4. The number of nitrogens with zero attached hydrogens (tertiary/aromatic N) is 2. The molecular weight excluding hydrogens is 405 g/mol. The van der Waals surface area contributed by atoms with Crippen LogP contribution in [-0.2, 0) is 16.4 Å². The van der Waals surface area contributed by atoms with Crippen molar-refractivity contribution in [3.63, 3.8) is 0 Å². The smallest absolute Gasteiger partial charge is 0.369 e. The van der Waals surface area contributed by atoms with Crippen LogP contribution in [0.25, 0.3) is 0 Å². The molecule has 0 bridgehead atoms. The van der Waals surface area contributed by atoms with Crippen LogP contribution >= 0.6 is 0 Å². The molecule has 0 aliphatic heterocycles. The maximum Gasteiger partial charge on any atom is 0.416 e. The van der Waals surface area contributed by atoms with Gasteiger partial charge >= 0.3 is 6.18 Å². The fraction of sp³-hybridized carbons (Fsp3) is 0.435. The Kier molecular flexibility index (Phi) is 7.32. The molecule has 8 heteroatoms. The first-order valence-electron chi connectivity index (χ1n) is 9.99. The van der Waals surface area contributed by atoms with Crippen LogP contribution in [0.5, 0.6) is 0 Å². The Bertz CT molecular complexity index is 1000. The summed E-state index contributed by atoms with van der Waals surface area (Å²) < 4.78 is 38.5. The van der Waals surface area contributed by atoms with E-state index in [9.17, 15) is 18.0 Å². The van der Waals surface area contributed by atoms with Crippen LogP contribution in [0.15, 0.2) is 24.3 Å². The summed E-state index contributed by atoms with van der Waals surface area (Å²) in [4.78, 5) is 20.7. The minimum absolute atomic E-state index is 0.191. The Labute approximate surface area is 180 Å². The first kappa shape index (κ1) is 24.2. The molecule has 5 nitrogen and oxygen atoms in total. The van der Waals surface area contributed by atoms with Crippen molar-refractivity contribution >= 4 is 17.7 Å². The number of rotatable bonds is 5. The molecule has 0 aliphatic carbocycles. The average molecular weight is 432 g/mol. The number of benzene rings is 1. The first-order chi connectivity index (χ1) is 14.3. The van der Waals surface area contributed by atoms with Crippen LogP contribution in [0.1, 0.15) is 57.0 Å². The third-order valence-corrected chi connectivity index (χ3v) is 4.63. The number of nitrogens with one attached hydrogen (secondary N) is 2. The molecule has 166 valence electrons. The normalized spacial score (nSPS) is 11.7. The number of alkyl halides is 3. The Morgan fingerprint density at radius 1 is 1.10 bits per heavy atom. The van der Waals surface area contributed by atoms with Gasteiger partial charge in [0, 0.05) is 12.5 Å². The summed E-state index contributed by atoms with van der Waals surface area (Å²) in [5, 5.41) is 5.81. The molecule has 0 aliphatic rings. The average Bonchev–Trinajstić information content (AvgIpc) is 2.67. The van der Waals surface area contributed by atoms with Crippen LogP contribution in [0, 0.1) is 24.7 Å². The molecule has 0 fully saturated rings. The third kappa shape index (κ3) is 6.20. The van der Waals surface area contributed by atoms with Crippen molar-refractivity contribution in [2.24, 2.45) is 5.92 Å². The van der Waals surface area contributed by atoms with E-state index in [4.69, 9.17) is 0 Å². The van der Waals surface area contributed by atoms with E-state index < -0.39 is 17.2 Å². The van der Waals surface area contributed by atoms with E-state index >= 15 is 0 Å². The van der Waals surface area contributed by atoms with Crippen molar-refractivity contribution in [2.45, 2.75) is 53.1 Å². The van der Waals surface area contributed by atoms with E-state index in [0.717, 1.165) is 12.1 Å². The molecule has 2 N–H and O–H groups in total. The molecule has 2 aromatic rings. The summed E-state index contributed by atoms with van der Waals surface area (Å²) in [5.74, 6) is 6.49. The minimum atomic E-state index is -4.38. The molecule has 1 heterocycles. The van der Waals surface area contributed by atoms with Crippen molar-refractivity contribution in [2.75, 3.05) is 17.2 Å². The second kappa shape index (κ2) is 9.38. The van der Waals surface area contributed by atoms with Crippen LogP contribution in [0.3, 0.4) is 0 Å². The molecule has 2 rings (SSSR count). The van der Waals surface area contributed by atoms with Gasteiger partial charge in [-0.25, -0.2) is 4.98 Å². The Morgan fingerprint density at radius 3 is 2.19 bits per heavy atom. The zero-order chi connectivity index (χ0) is 23.4. The highest BCUT2D eigenvalue weighted by Crippen LogP contribution is 2.31. The molecule has 0 atom stereocenters. The zero-order valence-corrected chi connectivity index (χ0v) is 18.5. The van der Waals surface area contributed by atoms with E-state index in [1.165, 1.54) is 12.1 Å². The van der Waals surface area contributed by atoms with Crippen LogP contribution in [-0.4, -0.2) is 22.4 Å². The van der Waals surface area contributed by atoms with Gasteiger partial charge in [-0.05, 0) is 45.4 Å². The van der Waals surface area contributed by atoms with E-state index in [0.29, 0.717) is 29.2 Å². The first-order valence-corrected chi connectivity index (χ1v) is 9.99. The highest BCUT2D eigenvalue weighted by molar-refractivity contribution is 5.90. The van der Waals surface area contributed by atoms with Gasteiger partial charge in [0.05, 0.1) is 22.2 Å². The van der Waals surface area contributed by atoms with E-state index in [1.54, 1.807) is 20.8 Å². The summed E-state index contributed by atoms with van der Waals surface area (Å²) in [6.45, 7) is 11.5. The molecule has 1 aromatic heterocycles. The lowest BCUT2D eigenvalue weighted by molar-refractivity contribution is -0.137. The Morgan fingerprint density at radius 2 is 1.68 bits per heavy atom. The van der Waals surface area contributed by atoms with Crippen molar-refractivity contribution in [3.8, 4) is 11.8 Å². The van der Waals surface area contributed by atoms with Gasteiger partial charge < -0.3 is 5.32 Å². The van der Waals surface area contributed by atoms with Gasteiger partial charge in [0.1, 0.15) is 5.82 Å².